The Morgan fingerprint density at radius 1 is 1.14 bits per heavy atom. The summed E-state index contributed by atoms with van der Waals surface area (Å²) in [5.74, 6) is 1.08. The highest BCUT2D eigenvalue weighted by Crippen LogP contribution is 2.49. The van der Waals surface area contributed by atoms with E-state index in [2.05, 4.69) is 28.5 Å². The molecule has 2 aliphatic heterocycles. The van der Waals surface area contributed by atoms with Crippen molar-refractivity contribution in [2.45, 2.75) is 71.3 Å². The molecule has 5 heteroatoms. The summed E-state index contributed by atoms with van der Waals surface area (Å²) in [4.78, 5) is 20.5. The van der Waals surface area contributed by atoms with E-state index in [4.69, 9.17) is 4.74 Å². The first kappa shape index (κ1) is 22.0. The van der Waals surface area contributed by atoms with Gasteiger partial charge in [0.2, 0.25) is 5.91 Å². The van der Waals surface area contributed by atoms with Gasteiger partial charge in [0.1, 0.15) is 0 Å². The molecular formula is C23H43N3O2. The molecule has 1 aliphatic carbocycles. The molecule has 1 saturated carbocycles. The normalized spacial score (nSPS) is 25.9. The number of hydrogen-bond donors (Lipinski definition) is 0. The zero-order chi connectivity index (χ0) is 20.0. The Labute approximate surface area is 172 Å². The maximum Gasteiger partial charge on any atom is 0.222 e. The van der Waals surface area contributed by atoms with Gasteiger partial charge in [-0.05, 0) is 82.5 Å². The van der Waals surface area contributed by atoms with Gasteiger partial charge in [-0.25, -0.2) is 0 Å². The van der Waals surface area contributed by atoms with E-state index < -0.39 is 0 Å². The largest absolute Gasteiger partial charge is 0.383 e. The van der Waals surface area contributed by atoms with Crippen molar-refractivity contribution in [1.82, 2.24) is 14.7 Å². The average Bonchev–Trinajstić information content (AvgIpc) is 3.27. The van der Waals surface area contributed by atoms with Crippen LogP contribution in [0.1, 0.15) is 65.2 Å². The van der Waals surface area contributed by atoms with Crippen LogP contribution in [0.15, 0.2) is 0 Å². The summed E-state index contributed by atoms with van der Waals surface area (Å²) >= 11 is 0. The summed E-state index contributed by atoms with van der Waals surface area (Å²) < 4.78 is 5.22. The zero-order valence-corrected chi connectivity index (χ0v) is 18.6. The number of ether oxygens (including phenoxy) is 1. The third kappa shape index (κ3) is 6.43. The summed E-state index contributed by atoms with van der Waals surface area (Å²) in [5.41, 5.74) is 0.469. The lowest BCUT2D eigenvalue weighted by atomic mass is 9.95. The Hall–Kier alpha value is -0.650. The average molecular weight is 394 g/mol. The van der Waals surface area contributed by atoms with Gasteiger partial charge in [-0.2, -0.15) is 0 Å². The van der Waals surface area contributed by atoms with Crippen LogP contribution in [0.4, 0.5) is 0 Å². The fourth-order valence-electron chi connectivity index (χ4n) is 5.01. The van der Waals surface area contributed by atoms with Gasteiger partial charge in [-0.15, -0.1) is 0 Å². The predicted molar refractivity (Wildman–Crippen MR) is 114 cm³/mol. The van der Waals surface area contributed by atoms with Gasteiger partial charge in [0.15, 0.2) is 0 Å². The molecule has 1 unspecified atom stereocenters. The van der Waals surface area contributed by atoms with E-state index in [9.17, 15) is 4.79 Å². The second kappa shape index (κ2) is 10.4. The van der Waals surface area contributed by atoms with E-state index in [-0.39, 0.29) is 0 Å². The van der Waals surface area contributed by atoms with Crippen molar-refractivity contribution in [2.24, 2.45) is 11.3 Å². The maximum atomic E-state index is 13.2. The summed E-state index contributed by atoms with van der Waals surface area (Å²) in [6, 6.07) is 0.576. The van der Waals surface area contributed by atoms with Gasteiger partial charge >= 0.3 is 0 Å². The Morgan fingerprint density at radius 3 is 2.54 bits per heavy atom. The van der Waals surface area contributed by atoms with Crippen LogP contribution < -0.4 is 0 Å². The Kier molecular flexibility index (Phi) is 8.19. The highest BCUT2D eigenvalue weighted by molar-refractivity contribution is 5.76. The van der Waals surface area contributed by atoms with Crippen LogP contribution in [-0.2, 0) is 9.53 Å². The van der Waals surface area contributed by atoms with E-state index in [0.717, 1.165) is 58.7 Å². The monoisotopic (exact) mass is 393 g/mol. The fourth-order valence-corrected chi connectivity index (χ4v) is 5.01. The van der Waals surface area contributed by atoms with Crippen LogP contribution in [0.3, 0.4) is 0 Å². The Morgan fingerprint density at radius 2 is 1.89 bits per heavy atom. The third-order valence-electron chi connectivity index (χ3n) is 7.53. The van der Waals surface area contributed by atoms with E-state index in [0.29, 0.717) is 23.3 Å². The molecule has 1 atom stereocenters. The highest BCUT2D eigenvalue weighted by Gasteiger charge is 2.38. The number of carbonyl (C=O) groups is 1. The number of nitrogens with zero attached hydrogens (tertiary/aromatic N) is 3. The van der Waals surface area contributed by atoms with Crippen molar-refractivity contribution in [3.8, 4) is 0 Å². The van der Waals surface area contributed by atoms with E-state index in [1.807, 2.05) is 0 Å². The number of hydrogen-bond acceptors (Lipinski definition) is 4. The molecule has 2 saturated heterocycles. The fraction of sp³-hybridized carbons (Fsp3) is 0.957. The Balaban J connectivity index is 1.52. The van der Waals surface area contributed by atoms with Crippen LogP contribution in [0.2, 0.25) is 0 Å². The van der Waals surface area contributed by atoms with Crippen LogP contribution in [0.25, 0.3) is 0 Å². The molecule has 0 radical (unpaired) electrons. The van der Waals surface area contributed by atoms with Gasteiger partial charge in [-0.1, -0.05) is 13.8 Å². The molecule has 0 N–H and O–H groups in total. The van der Waals surface area contributed by atoms with Gasteiger partial charge in [-0.3, -0.25) is 9.69 Å². The lowest BCUT2D eigenvalue weighted by Crippen LogP contribution is -2.46. The molecular weight excluding hydrogens is 350 g/mol. The topological polar surface area (TPSA) is 36.0 Å². The van der Waals surface area contributed by atoms with Gasteiger partial charge < -0.3 is 14.5 Å². The van der Waals surface area contributed by atoms with Crippen LogP contribution in [0.5, 0.6) is 0 Å². The van der Waals surface area contributed by atoms with Crippen molar-refractivity contribution in [3.63, 3.8) is 0 Å². The number of piperidine rings is 1. The number of methoxy groups -OCH3 is 1. The molecule has 0 aromatic heterocycles. The first-order chi connectivity index (χ1) is 13.5. The van der Waals surface area contributed by atoms with Crippen LogP contribution in [0, 0.1) is 11.3 Å². The minimum absolute atomic E-state index is 0.415. The van der Waals surface area contributed by atoms with Crippen molar-refractivity contribution in [2.75, 3.05) is 59.5 Å². The number of likely N-dealkylation sites (tertiary alicyclic amines) is 2. The molecule has 1 amide bonds. The van der Waals surface area contributed by atoms with Crippen LogP contribution in [-0.4, -0.2) is 86.2 Å². The zero-order valence-electron chi connectivity index (χ0n) is 18.6. The standard InChI is InChI=1S/C23H43N3O2/c1-4-25-13-5-6-21(25)19-26(22(27)7-10-23(2)11-12-23)18-20-8-14-24(15-9-20)16-17-28-3/h20-21H,4-19H2,1-3H3. The van der Waals surface area contributed by atoms with Gasteiger partial charge in [0.25, 0.3) is 0 Å². The quantitative estimate of drug-likeness (QED) is 0.540. The number of amides is 1. The summed E-state index contributed by atoms with van der Waals surface area (Å²) in [7, 11) is 1.78. The smallest absolute Gasteiger partial charge is 0.222 e. The number of likely N-dealkylation sites (N-methyl/N-ethyl adjacent to an activating group) is 1. The number of rotatable bonds is 11. The van der Waals surface area contributed by atoms with Crippen molar-refractivity contribution < 1.29 is 9.53 Å². The lowest BCUT2D eigenvalue weighted by molar-refractivity contribution is -0.133. The lowest BCUT2D eigenvalue weighted by Gasteiger charge is -2.37. The second-order valence-corrected chi connectivity index (χ2v) is 9.81. The minimum atomic E-state index is 0.415. The van der Waals surface area contributed by atoms with E-state index >= 15 is 0 Å². The Bertz CT molecular complexity index is 486. The minimum Gasteiger partial charge on any atom is -0.383 e. The third-order valence-corrected chi connectivity index (χ3v) is 7.53. The highest BCUT2D eigenvalue weighted by atomic mass is 16.5. The van der Waals surface area contributed by atoms with Crippen molar-refractivity contribution in [1.29, 1.82) is 0 Å². The number of carbonyl (C=O) groups excluding carboxylic acids is 1. The van der Waals surface area contributed by atoms with Gasteiger partial charge in [0.05, 0.1) is 6.61 Å². The summed E-state index contributed by atoms with van der Waals surface area (Å²) in [6.07, 6.45) is 9.43. The molecule has 162 valence electrons. The molecule has 0 spiro atoms. The first-order valence-corrected chi connectivity index (χ1v) is 11.8. The molecule has 0 bridgehead atoms. The first-order valence-electron chi connectivity index (χ1n) is 11.8. The maximum absolute atomic E-state index is 13.2. The molecule has 28 heavy (non-hydrogen) atoms. The molecule has 3 rings (SSSR count). The van der Waals surface area contributed by atoms with E-state index in [1.165, 1.54) is 45.1 Å². The molecule has 0 aromatic rings. The summed E-state index contributed by atoms with van der Waals surface area (Å²) in [5, 5.41) is 0. The van der Waals surface area contributed by atoms with Crippen molar-refractivity contribution in [3.05, 3.63) is 0 Å². The second-order valence-electron chi connectivity index (χ2n) is 9.81. The molecule has 5 nitrogen and oxygen atoms in total. The SMILES string of the molecule is CCN1CCCC1CN(CC1CCN(CCOC)CC1)C(=O)CCC1(C)CC1. The molecule has 0 aromatic carbocycles. The molecule has 3 fully saturated rings. The van der Waals surface area contributed by atoms with Gasteiger partial charge in [0, 0.05) is 39.2 Å². The molecule has 2 heterocycles. The predicted octanol–water partition coefficient (Wildman–Crippen LogP) is 3.24. The summed E-state index contributed by atoms with van der Waals surface area (Å²) in [6.45, 7) is 13.0. The van der Waals surface area contributed by atoms with E-state index in [1.54, 1.807) is 7.11 Å². The van der Waals surface area contributed by atoms with Crippen LogP contribution >= 0.6 is 0 Å². The molecule has 3 aliphatic rings. The van der Waals surface area contributed by atoms with Crippen molar-refractivity contribution >= 4 is 5.91 Å².